The Balaban J connectivity index is 2.17. The van der Waals surface area contributed by atoms with Gasteiger partial charge in [0, 0.05) is 12.6 Å². The first-order valence-electron chi connectivity index (χ1n) is 6.46. The second kappa shape index (κ2) is 6.32. The van der Waals surface area contributed by atoms with E-state index in [-0.39, 0.29) is 0 Å². The Kier molecular flexibility index (Phi) is 5.38. The maximum atomic E-state index is 3.64. The zero-order valence-corrected chi connectivity index (χ0v) is 10.8. The van der Waals surface area contributed by atoms with Crippen molar-refractivity contribution in [2.24, 2.45) is 11.8 Å². The van der Waals surface area contributed by atoms with Gasteiger partial charge in [0.1, 0.15) is 0 Å². The molecule has 0 aromatic rings. The van der Waals surface area contributed by atoms with Crippen LogP contribution in [-0.2, 0) is 0 Å². The van der Waals surface area contributed by atoms with Gasteiger partial charge in [0.05, 0.1) is 0 Å². The van der Waals surface area contributed by atoms with Crippen LogP contribution in [0.25, 0.3) is 0 Å². The van der Waals surface area contributed by atoms with Gasteiger partial charge >= 0.3 is 0 Å². The van der Waals surface area contributed by atoms with E-state index in [9.17, 15) is 0 Å². The van der Waals surface area contributed by atoms with E-state index < -0.39 is 0 Å². The molecule has 0 aliphatic heterocycles. The van der Waals surface area contributed by atoms with Gasteiger partial charge in [0.2, 0.25) is 0 Å². The lowest BCUT2D eigenvalue weighted by Crippen LogP contribution is -2.34. The predicted octanol–water partition coefficient (Wildman–Crippen LogP) is 3.76. The average Bonchev–Trinajstić information content (AvgIpc) is 2.18. The number of rotatable bonds is 4. The Bertz CT molecular complexity index is 193. The van der Waals surface area contributed by atoms with Crippen molar-refractivity contribution in [1.82, 2.24) is 5.32 Å². The van der Waals surface area contributed by atoms with Gasteiger partial charge in [0.15, 0.2) is 0 Å². The Morgan fingerprint density at radius 1 is 1.20 bits per heavy atom. The molecule has 1 aliphatic carbocycles. The van der Waals surface area contributed by atoms with Crippen LogP contribution in [0.15, 0.2) is 11.6 Å². The van der Waals surface area contributed by atoms with Gasteiger partial charge < -0.3 is 5.32 Å². The first-order chi connectivity index (χ1) is 7.09. The smallest absolute Gasteiger partial charge is 0.0139 e. The fourth-order valence-electron chi connectivity index (χ4n) is 2.42. The molecular formula is C14H27N. The van der Waals surface area contributed by atoms with Crippen molar-refractivity contribution >= 4 is 0 Å². The quantitative estimate of drug-likeness (QED) is 0.695. The molecule has 1 N–H and O–H groups in total. The maximum Gasteiger partial charge on any atom is 0.0139 e. The van der Waals surface area contributed by atoms with Crippen molar-refractivity contribution in [3.63, 3.8) is 0 Å². The van der Waals surface area contributed by atoms with Gasteiger partial charge in [-0.2, -0.15) is 0 Å². The van der Waals surface area contributed by atoms with E-state index in [1.54, 1.807) is 0 Å². The van der Waals surface area contributed by atoms with Crippen molar-refractivity contribution in [1.29, 1.82) is 0 Å². The summed E-state index contributed by atoms with van der Waals surface area (Å²) in [6.07, 6.45) is 7.88. The first kappa shape index (κ1) is 12.8. The average molecular weight is 209 g/mol. The third kappa shape index (κ3) is 4.83. The molecular weight excluding hydrogens is 182 g/mol. The monoisotopic (exact) mass is 209 g/mol. The molecule has 0 aromatic heterocycles. The molecule has 1 rings (SSSR count). The summed E-state index contributed by atoms with van der Waals surface area (Å²) in [5.41, 5.74) is 1.42. The highest BCUT2D eigenvalue weighted by molar-refractivity contribution is 4.95. The minimum atomic E-state index is 0.774. The summed E-state index contributed by atoms with van der Waals surface area (Å²) >= 11 is 0. The molecule has 1 saturated carbocycles. The minimum Gasteiger partial charge on any atom is -0.311 e. The Morgan fingerprint density at radius 2 is 1.80 bits per heavy atom. The largest absolute Gasteiger partial charge is 0.311 e. The molecule has 0 aromatic carbocycles. The third-order valence-electron chi connectivity index (χ3n) is 3.63. The molecule has 0 heterocycles. The standard InChI is InChI=1S/C14H27N/c1-11(2)9-10-15-14-7-5-13(6-8-14)12(3)4/h9,12-15H,5-8,10H2,1-4H3. The summed E-state index contributed by atoms with van der Waals surface area (Å²) in [6.45, 7) is 10.1. The van der Waals surface area contributed by atoms with E-state index in [1.807, 2.05) is 0 Å². The van der Waals surface area contributed by atoms with Crippen molar-refractivity contribution in [2.45, 2.75) is 59.4 Å². The number of hydrogen-bond acceptors (Lipinski definition) is 1. The van der Waals surface area contributed by atoms with Crippen LogP contribution in [0.4, 0.5) is 0 Å². The van der Waals surface area contributed by atoms with Crippen molar-refractivity contribution in [3.8, 4) is 0 Å². The van der Waals surface area contributed by atoms with Crippen LogP contribution in [0.3, 0.4) is 0 Å². The number of nitrogens with one attached hydrogen (secondary N) is 1. The molecule has 0 saturated heterocycles. The van der Waals surface area contributed by atoms with Gasteiger partial charge in [-0.1, -0.05) is 25.5 Å². The van der Waals surface area contributed by atoms with Gasteiger partial charge in [-0.25, -0.2) is 0 Å². The summed E-state index contributed by atoms with van der Waals surface area (Å²) in [6, 6.07) is 0.774. The van der Waals surface area contributed by atoms with Crippen molar-refractivity contribution in [2.75, 3.05) is 6.54 Å². The molecule has 1 fully saturated rings. The molecule has 0 atom stereocenters. The number of hydrogen-bond donors (Lipinski definition) is 1. The van der Waals surface area contributed by atoms with E-state index in [0.717, 1.165) is 24.4 Å². The zero-order chi connectivity index (χ0) is 11.3. The second-order valence-corrected chi connectivity index (χ2v) is 5.55. The molecule has 0 bridgehead atoms. The van der Waals surface area contributed by atoms with Crippen molar-refractivity contribution < 1.29 is 0 Å². The normalized spacial score (nSPS) is 26.7. The Hall–Kier alpha value is -0.300. The third-order valence-corrected chi connectivity index (χ3v) is 3.63. The van der Waals surface area contributed by atoms with Crippen LogP contribution in [0.5, 0.6) is 0 Å². The molecule has 1 aliphatic rings. The number of allylic oxidation sites excluding steroid dienone is 1. The molecule has 15 heavy (non-hydrogen) atoms. The van der Waals surface area contributed by atoms with Crippen LogP contribution in [0.2, 0.25) is 0 Å². The van der Waals surface area contributed by atoms with Gasteiger partial charge in [-0.05, 0) is 51.4 Å². The van der Waals surface area contributed by atoms with Gasteiger partial charge in [-0.3, -0.25) is 0 Å². The van der Waals surface area contributed by atoms with E-state index in [4.69, 9.17) is 0 Å². The summed E-state index contributed by atoms with van der Waals surface area (Å²) < 4.78 is 0. The predicted molar refractivity (Wildman–Crippen MR) is 68.0 cm³/mol. The van der Waals surface area contributed by atoms with Crippen LogP contribution < -0.4 is 5.32 Å². The lowest BCUT2D eigenvalue weighted by Gasteiger charge is -2.31. The van der Waals surface area contributed by atoms with Crippen LogP contribution >= 0.6 is 0 Å². The van der Waals surface area contributed by atoms with Crippen LogP contribution in [-0.4, -0.2) is 12.6 Å². The van der Waals surface area contributed by atoms with Crippen LogP contribution in [0.1, 0.15) is 53.4 Å². The SMILES string of the molecule is CC(C)=CCNC1CCC(C(C)C)CC1. The highest BCUT2D eigenvalue weighted by Crippen LogP contribution is 2.29. The summed E-state index contributed by atoms with van der Waals surface area (Å²) in [5.74, 6) is 1.86. The minimum absolute atomic E-state index is 0.774. The van der Waals surface area contributed by atoms with Crippen molar-refractivity contribution in [3.05, 3.63) is 11.6 Å². The fraction of sp³-hybridized carbons (Fsp3) is 0.857. The first-order valence-corrected chi connectivity index (χ1v) is 6.46. The fourth-order valence-corrected chi connectivity index (χ4v) is 2.42. The molecule has 1 heteroatoms. The van der Waals surface area contributed by atoms with E-state index >= 15 is 0 Å². The van der Waals surface area contributed by atoms with Crippen LogP contribution in [0, 0.1) is 11.8 Å². The zero-order valence-electron chi connectivity index (χ0n) is 10.8. The van der Waals surface area contributed by atoms with E-state index in [1.165, 1.54) is 31.3 Å². The summed E-state index contributed by atoms with van der Waals surface area (Å²) in [7, 11) is 0. The van der Waals surface area contributed by atoms with E-state index in [2.05, 4.69) is 39.1 Å². The molecule has 0 amide bonds. The highest BCUT2D eigenvalue weighted by atomic mass is 14.9. The maximum absolute atomic E-state index is 3.64. The lowest BCUT2D eigenvalue weighted by molar-refractivity contribution is 0.242. The molecule has 0 spiro atoms. The Labute approximate surface area is 95.3 Å². The Morgan fingerprint density at radius 3 is 2.27 bits per heavy atom. The topological polar surface area (TPSA) is 12.0 Å². The second-order valence-electron chi connectivity index (χ2n) is 5.55. The lowest BCUT2D eigenvalue weighted by atomic mass is 9.80. The van der Waals surface area contributed by atoms with Gasteiger partial charge in [-0.15, -0.1) is 0 Å². The molecule has 1 nitrogen and oxygen atoms in total. The van der Waals surface area contributed by atoms with Gasteiger partial charge in [0.25, 0.3) is 0 Å². The molecule has 88 valence electrons. The summed E-state index contributed by atoms with van der Waals surface area (Å²) in [5, 5.41) is 3.64. The molecule has 0 unspecified atom stereocenters. The molecule has 0 radical (unpaired) electrons. The summed E-state index contributed by atoms with van der Waals surface area (Å²) in [4.78, 5) is 0. The van der Waals surface area contributed by atoms with E-state index in [0.29, 0.717) is 0 Å². The highest BCUT2D eigenvalue weighted by Gasteiger charge is 2.22.